The van der Waals surface area contributed by atoms with Gasteiger partial charge in [-0.1, -0.05) is 0 Å². The molecule has 0 saturated heterocycles. The Morgan fingerprint density at radius 3 is 3.00 bits per heavy atom. The number of rotatable bonds is 7. The summed E-state index contributed by atoms with van der Waals surface area (Å²) in [6.45, 7) is 3.72. The Kier molecular flexibility index (Phi) is 4.71. The number of methoxy groups -OCH3 is 1. The highest BCUT2D eigenvalue weighted by Crippen LogP contribution is 2.21. The van der Waals surface area contributed by atoms with Crippen molar-refractivity contribution in [1.82, 2.24) is 9.78 Å². The second-order valence-corrected chi connectivity index (χ2v) is 3.25. The van der Waals surface area contributed by atoms with Crippen molar-refractivity contribution >= 4 is 11.5 Å². The Labute approximate surface area is 93.5 Å². The number of anilines is 1. The van der Waals surface area contributed by atoms with E-state index in [-0.39, 0.29) is 5.69 Å². The van der Waals surface area contributed by atoms with E-state index in [1.54, 1.807) is 7.11 Å². The Balaban J connectivity index is 2.62. The molecule has 1 aromatic rings. The molecule has 0 aromatic carbocycles. The van der Waals surface area contributed by atoms with Gasteiger partial charge in [0.05, 0.1) is 4.92 Å². The number of nitro groups is 1. The van der Waals surface area contributed by atoms with Crippen LogP contribution in [0, 0.1) is 10.1 Å². The van der Waals surface area contributed by atoms with Crippen LogP contribution in [0.25, 0.3) is 0 Å². The van der Waals surface area contributed by atoms with Gasteiger partial charge in [-0.15, -0.1) is 5.10 Å². The Morgan fingerprint density at radius 2 is 2.44 bits per heavy atom. The molecule has 1 heterocycles. The van der Waals surface area contributed by atoms with Gasteiger partial charge in [-0.2, -0.15) is 0 Å². The molecule has 16 heavy (non-hydrogen) atoms. The number of nitrogens with one attached hydrogen (secondary N) is 1. The molecule has 90 valence electrons. The lowest BCUT2D eigenvalue weighted by Gasteiger charge is -2.01. The van der Waals surface area contributed by atoms with Gasteiger partial charge in [0.15, 0.2) is 0 Å². The van der Waals surface area contributed by atoms with Crippen molar-refractivity contribution in [2.75, 3.05) is 25.6 Å². The molecule has 0 amide bonds. The van der Waals surface area contributed by atoms with Gasteiger partial charge in [-0.25, -0.2) is 0 Å². The summed E-state index contributed by atoms with van der Waals surface area (Å²) >= 11 is 0. The van der Waals surface area contributed by atoms with Crippen molar-refractivity contribution in [2.24, 2.45) is 0 Å². The minimum atomic E-state index is -0.433. The zero-order valence-corrected chi connectivity index (χ0v) is 9.47. The van der Waals surface area contributed by atoms with E-state index < -0.39 is 4.92 Å². The van der Waals surface area contributed by atoms with Gasteiger partial charge in [-0.3, -0.25) is 14.8 Å². The van der Waals surface area contributed by atoms with Gasteiger partial charge in [-0.05, 0) is 13.3 Å². The van der Waals surface area contributed by atoms with Crippen molar-refractivity contribution < 1.29 is 9.66 Å². The summed E-state index contributed by atoms with van der Waals surface area (Å²) in [7, 11) is 1.62. The molecule has 0 aliphatic rings. The molecule has 0 aliphatic carbocycles. The number of aromatic nitrogens is 2. The minimum Gasteiger partial charge on any atom is -0.385 e. The zero-order valence-electron chi connectivity index (χ0n) is 9.47. The molecule has 7 heteroatoms. The number of ether oxygens (including phenoxy) is 1. The maximum absolute atomic E-state index is 10.7. The minimum absolute atomic E-state index is 0.0132. The maximum Gasteiger partial charge on any atom is 0.330 e. The lowest BCUT2D eigenvalue weighted by atomic mass is 10.4. The van der Waals surface area contributed by atoms with Gasteiger partial charge in [0.2, 0.25) is 5.82 Å². The second-order valence-electron chi connectivity index (χ2n) is 3.25. The Bertz CT molecular complexity index is 351. The highest BCUT2D eigenvalue weighted by molar-refractivity contribution is 5.54. The molecule has 1 rings (SSSR count). The predicted octanol–water partition coefficient (Wildman–Crippen LogP) is 1.26. The molecule has 0 unspecified atom stereocenters. The number of hydrogen-bond donors (Lipinski definition) is 1. The van der Waals surface area contributed by atoms with Gasteiger partial charge >= 0.3 is 5.69 Å². The monoisotopic (exact) mass is 228 g/mol. The molecule has 0 atom stereocenters. The van der Waals surface area contributed by atoms with E-state index in [1.165, 1.54) is 10.9 Å². The summed E-state index contributed by atoms with van der Waals surface area (Å²) < 4.78 is 6.42. The third-order valence-corrected chi connectivity index (χ3v) is 2.08. The third kappa shape index (κ3) is 3.20. The summed E-state index contributed by atoms with van der Waals surface area (Å²) in [5, 5.41) is 17.7. The summed E-state index contributed by atoms with van der Waals surface area (Å²) in [6.07, 6.45) is 2.21. The standard InChI is InChI=1S/C9H16N4O3/c1-3-12-7-8(13(14)15)9(11-12)10-5-4-6-16-2/h7H,3-6H2,1-2H3,(H,10,11). The first-order chi connectivity index (χ1) is 7.69. The molecular weight excluding hydrogens is 212 g/mol. The van der Waals surface area contributed by atoms with Gasteiger partial charge < -0.3 is 10.1 Å². The molecule has 1 N–H and O–H groups in total. The summed E-state index contributed by atoms with van der Waals surface area (Å²) in [6, 6.07) is 0. The van der Waals surface area contributed by atoms with E-state index in [4.69, 9.17) is 4.74 Å². The fourth-order valence-corrected chi connectivity index (χ4v) is 1.26. The first-order valence-corrected chi connectivity index (χ1v) is 5.13. The molecular formula is C9H16N4O3. The first kappa shape index (κ1) is 12.4. The molecule has 0 spiro atoms. The van der Waals surface area contributed by atoms with Crippen LogP contribution in [-0.2, 0) is 11.3 Å². The summed E-state index contributed by atoms with van der Waals surface area (Å²) in [5.74, 6) is 0.322. The number of aryl methyl sites for hydroxylation is 1. The molecule has 0 aliphatic heterocycles. The fourth-order valence-electron chi connectivity index (χ4n) is 1.26. The average Bonchev–Trinajstić information content (AvgIpc) is 2.68. The molecule has 0 fully saturated rings. The first-order valence-electron chi connectivity index (χ1n) is 5.13. The van der Waals surface area contributed by atoms with Gasteiger partial charge in [0, 0.05) is 26.8 Å². The number of hydrogen-bond acceptors (Lipinski definition) is 5. The van der Waals surface area contributed by atoms with Crippen LogP contribution in [0.5, 0.6) is 0 Å². The van der Waals surface area contributed by atoms with E-state index in [2.05, 4.69) is 10.4 Å². The average molecular weight is 228 g/mol. The van der Waals surface area contributed by atoms with Gasteiger partial charge in [0.25, 0.3) is 0 Å². The quantitative estimate of drug-likeness (QED) is 0.431. The van der Waals surface area contributed by atoms with Crippen LogP contribution >= 0.6 is 0 Å². The Hall–Kier alpha value is -1.63. The smallest absolute Gasteiger partial charge is 0.330 e. The highest BCUT2D eigenvalue weighted by atomic mass is 16.6. The summed E-state index contributed by atoms with van der Waals surface area (Å²) in [5.41, 5.74) is 0.0132. The molecule has 0 radical (unpaired) electrons. The molecule has 1 aromatic heterocycles. The van der Waals surface area contributed by atoms with E-state index in [1.807, 2.05) is 6.92 Å². The normalized spacial score (nSPS) is 10.4. The van der Waals surface area contributed by atoms with Crippen molar-refractivity contribution in [3.8, 4) is 0 Å². The van der Waals surface area contributed by atoms with Crippen molar-refractivity contribution in [2.45, 2.75) is 19.9 Å². The van der Waals surface area contributed by atoms with E-state index in [9.17, 15) is 10.1 Å². The van der Waals surface area contributed by atoms with E-state index in [0.29, 0.717) is 25.5 Å². The number of nitrogens with zero attached hydrogens (tertiary/aromatic N) is 3. The SMILES string of the molecule is CCn1cc([N+](=O)[O-])c(NCCCOC)n1. The molecule has 0 bridgehead atoms. The Morgan fingerprint density at radius 1 is 1.69 bits per heavy atom. The highest BCUT2D eigenvalue weighted by Gasteiger charge is 2.18. The van der Waals surface area contributed by atoms with Crippen LogP contribution in [-0.4, -0.2) is 35.0 Å². The molecule has 0 saturated carbocycles. The second kappa shape index (κ2) is 6.06. The van der Waals surface area contributed by atoms with E-state index >= 15 is 0 Å². The van der Waals surface area contributed by atoms with Crippen LogP contribution < -0.4 is 5.32 Å². The predicted molar refractivity (Wildman–Crippen MR) is 59.5 cm³/mol. The van der Waals surface area contributed by atoms with Crippen LogP contribution in [0.15, 0.2) is 6.20 Å². The van der Waals surface area contributed by atoms with Crippen molar-refractivity contribution in [3.05, 3.63) is 16.3 Å². The fraction of sp³-hybridized carbons (Fsp3) is 0.667. The van der Waals surface area contributed by atoms with Crippen LogP contribution in [0.1, 0.15) is 13.3 Å². The van der Waals surface area contributed by atoms with Crippen LogP contribution in [0.4, 0.5) is 11.5 Å². The maximum atomic E-state index is 10.7. The van der Waals surface area contributed by atoms with Crippen LogP contribution in [0.3, 0.4) is 0 Å². The zero-order chi connectivity index (χ0) is 12.0. The lowest BCUT2D eigenvalue weighted by molar-refractivity contribution is -0.384. The lowest BCUT2D eigenvalue weighted by Crippen LogP contribution is -2.07. The third-order valence-electron chi connectivity index (χ3n) is 2.08. The van der Waals surface area contributed by atoms with Crippen LogP contribution in [0.2, 0.25) is 0 Å². The molecule has 7 nitrogen and oxygen atoms in total. The van der Waals surface area contributed by atoms with Gasteiger partial charge in [0.1, 0.15) is 6.20 Å². The summed E-state index contributed by atoms with van der Waals surface area (Å²) in [4.78, 5) is 10.3. The largest absolute Gasteiger partial charge is 0.385 e. The van der Waals surface area contributed by atoms with E-state index in [0.717, 1.165) is 6.42 Å². The topological polar surface area (TPSA) is 82.2 Å². The van der Waals surface area contributed by atoms with Crippen molar-refractivity contribution in [1.29, 1.82) is 0 Å². The van der Waals surface area contributed by atoms with Crippen molar-refractivity contribution in [3.63, 3.8) is 0 Å².